The second-order valence-corrected chi connectivity index (χ2v) is 3.42. The quantitative estimate of drug-likeness (QED) is 0.714. The summed E-state index contributed by atoms with van der Waals surface area (Å²) >= 11 is 0. The van der Waals surface area contributed by atoms with E-state index in [1.165, 1.54) is 19.1 Å². The van der Waals surface area contributed by atoms with E-state index >= 15 is 0 Å². The van der Waals surface area contributed by atoms with Crippen molar-refractivity contribution in [2.75, 3.05) is 13.2 Å². The summed E-state index contributed by atoms with van der Waals surface area (Å²) in [6.45, 7) is 2.53. The molecule has 1 aliphatic heterocycles. The highest BCUT2D eigenvalue weighted by molar-refractivity contribution is 5.97. The fourth-order valence-electron chi connectivity index (χ4n) is 1.48. The van der Waals surface area contributed by atoms with E-state index in [1.54, 1.807) is 0 Å². The first-order valence-corrected chi connectivity index (χ1v) is 4.82. The minimum absolute atomic E-state index is 0.0632. The topological polar surface area (TPSA) is 55.8 Å². The number of phenols is 1. The van der Waals surface area contributed by atoms with Gasteiger partial charge in [0.2, 0.25) is 0 Å². The predicted octanol–water partition coefficient (Wildman–Crippen LogP) is 1.76. The molecule has 2 rings (SSSR count). The first-order chi connectivity index (χ1) is 7.18. The lowest BCUT2D eigenvalue weighted by atomic mass is 10.1. The zero-order valence-corrected chi connectivity index (χ0v) is 8.45. The Hall–Kier alpha value is -1.71. The molecule has 15 heavy (non-hydrogen) atoms. The summed E-state index contributed by atoms with van der Waals surface area (Å²) in [5, 5.41) is 9.57. The molecule has 4 heteroatoms. The monoisotopic (exact) mass is 208 g/mol. The van der Waals surface area contributed by atoms with Gasteiger partial charge in [-0.2, -0.15) is 0 Å². The molecule has 0 spiro atoms. The number of rotatable bonds is 1. The van der Waals surface area contributed by atoms with Gasteiger partial charge in [0.25, 0.3) is 0 Å². The minimum Gasteiger partial charge on any atom is -0.507 e. The molecule has 80 valence electrons. The molecule has 0 saturated carbocycles. The number of carbonyl (C=O) groups is 1. The minimum atomic E-state index is -0.192. The summed E-state index contributed by atoms with van der Waals surface area (Å²) < 4.78 is 10.8. The van der Waals surface area contributed by atoms with Gasteiger partial charge in [-0.25, -0.2) is 0 Å². The van der Waals surface area contributed by atoms with Gasteiger partial charge in [0.15, 0.2) is 17.3 Å². The van der Waals surface area contributed by atoms with Crippen LogP contribution < -0.4 is 9.47 Å². The van der Waals surface area contributed by atoms with Crippen LogP contribution in [0.15, 0.2) is 12.1 Å². The van der Waals surface area contributed by atoms with Crippen molar-refractivity contribution in [1.82, 2.24) is 0 Å². The van der Waals surface area contributed by atoms with E-state index in [-0.39, 0.29) is 17.1 Å². The second-order valence-electron chi connectivity index (χ2n) is 3.42. The number of aromatic hydroxyl groups is 1. The van der Waals surface area contributed by atoms with Crippen LogP contribution >= 0.6 is 0 Å². The Kier molecular flexibility index (Phi) is 2.49. The van der Waals surface area contributed by atoms with E-state index in [0.717, 1.165) is 6.42 Å². The zero-order chi connectivity index (χ0) is 10.8. The highest BCUT2D eigenvalue weighted by Gasteiger charge is 2.16. The molecule has 0 saturated heterocycles. The van der Waals surface area contributed by atoms with Gasteiger partial charge in [-0.05, 0) is 13.0 Å². The van der Waals surface area contributed by atoms with Crippen LogP contribution in [0.2, 0.25) is 0 Å². The molecule has 0 atom stereocenters. The molecule has 0 amide bonds. The van der Waals surface area contributed by atoms with Crippen molar-refractivity contribution in [2.24, 2.45) is 0 Å². The Morgan fingerprint density at radius 2 is 1.87 bits per heavy atom. The molecule has 1 aromatic carbocycles. The van der Waals surface area contributed by atoms with Crippen molar-refractivity contribution in [1.29, 1.82) is 0 Å². The van der Waals surface area contributed by atoms with Crippen molar-refractivity contribution in [3.63, 3.8) is 0 Å². The Morgan fingerprint density at radius 1 is 1.27 bits per heavy atom. The van der Waals surface area contributed by atoms with E-state index in [1.807, 2.05) is 0 Å². The average molecular weight is 208 g/mol. The normalized spacial score (nSPS) is 14.5. The number of benzene rings is 1. The average Bonchev–Trinajstić information content (AvgIpc) is 2.40. The van der Waals surface area contributed by atoms with Crippen LogP contribution in [0.1, 0.15) is 23.7 Å². The van der Waals surface area contributed by atoms with Crippen LogP contribution in [-0.2, 0) is 0 Å². The highest BCUT2D eigenvalue weighted by Crippen LogP contribution is 2.35. The molecule has 0 bridgehead atoms. The van der Waals surface area contributed by atoms with Crippen LogP contribution in [0, 0.1) is 0 Å². The van der Waals surface area contributed by atoms with Crippen LogP contribution in [0.5, 0.6) is 17.2 Å². The smallest absolute Gasteiger partial charge is 0.164 e. The molecule has 0 aromatic heterocycles. The van der Waals surface area contributed by atoms with Crippen molar-refractivity contribution in [3.05, 3.63) is 17.7 Å². The number of phenolic OH excluding ortho intramolecular Hbond substituents is 1. The number of hydrogen-bond donors (Lipinski definition) is 1. The van der Waals surface area contributed by atoms with Gasteiger partial charge in [0.05, 0.1) is 18.8 Å². The predicted molar refractivity (Wildman–Crippen MR) is 53.7 cm³/mol. The Labute approximate surface area is 87.4 Å². The fourth-order valence-corrected chi connectivity index (χ4v) is 1.48. The van der Waals surface area contributed by atoms with Crippen molar-refractivity contribution >= 4 is 5.78 Å². The third-order valence-electron chi connectivity index (χ3n) is 2.25. The number of Topliss-reactive ketones (excluding diaryl/α,β-unsaturated/α-hetero) is 1. The first-order valence-electron chi connectivity index (χ1n) is 4.82. The summed E-state index contributed by atoms with van der Waals surface area (Å²) in [5.41, 5.74) is 0.263. The van der Waals surface area contributed by atoms with Crippen molar-refractivity contribution in [2.45, 2.75) is 13.3 Å². The number of ketones is 1. The maximum absolute atomic E-state index is 11.2. The van der Waals surface area contributed by atoms with E-state index in [0.29, 0.717) is 24.7 Å². The second kappa shape index (κ2) is 3.81. The molecule has 1 aliphatic rings. The SMILES string of the molecule is CC(=O)c1cc2c(cc1O)OCCCO2. The number of fused-ring (bicyclic) bond motifs is 1. The van der Waals surface area contributed by atoms with Gasteiger partial charge >= 0.3 is 0 Å². The number of hydrogen-bond acceptors (Lipinski definition) is 4. The van der Waals surface area contributed by atoms with Crippen LogP contribution in [-0.4, -0.2) is 24.1 Å². The maximum Gasteiger partial charge on any atom is 0.164 e. The summed E-state index contributed by atoms with van der Waals surface area (Å²) in [5.74, 6) is 0.764. The molecule has 4 nitrogen and oxygen atoms in total. The van der Waals surface area contributed by atoms with Gasteiger partial charge < -0.3 is 14.6 Å². The largest absolute Gasteiger partial charge is 0.507 e. The molecule has 1 N–H and O–H groups in total. The molecule has 1 aromatic rings. The van der Waals surface area contributed by atoms with Crippen molar-refractivity contribution in [3.8, 4) is 17.2 Å². The maximum atomic E-state index is 11.2. The summed E-state index contributed by atoms with van der Waals surface area (Å²) in [6.07, 6.45) is 0.796. The Morgan fingerprint density at radius 3 is 2.47 bits per heavy atom. The molecule has 0 fully saturated rings. The first kappa shape index (κ1) is 9.83. The van der Waals surface area contributed by atoms with Gasteiger partial charge in [0.1, 0.15) is 5.75 Å². The summed E-state index contributed by atoms with van der Waals surface area (Å²) in [6, 6.07) is 2.95. The van der Waals surface area contributed by atoms with Crippen LogP contribution in [0.4, 0.5) is 0 Å². The van der Waals surface area contributed by atoms with Crippen molar-refractivity contribution < 1.29 is 19.4 Å². The van der Waals surface area contributed by atoms with Gasteiger partial charge in [-0.3, -0.25) is 4.79 Å². The summed E-state index contributed by atoms with van der Waals surface area (Å²) in [7, 11) is 0. The molecule has 1 heterocycles. The fraction of sp³-hybridized carbons (Fsp3) is 0.364. The number of ether oxygens (including phenoxy) is 2. The van der Waals surface area contributed by atoms with Gasteiger partial charge in [-0.15, -0.1) is 0 Å². The Bertz CT molecular complexity index is 398. The molecule has 0 radical (unpaired) electrons. The van der Waals surface area contributed by atoms with E-state index < -0.39 is 0 Å². The van der Waals surface area contributed by atoms with Gasteiger partial charge in [-0.1, -0.05) is 0 Å². The molecule has 0 unspecified atom stereocenters. The standard InChI is InChI=1S/C11H12O4/c1-7(12)8-5-10-11(6-9(8)13)15-4-2-3-14-10/h5-6,13H,2-4H2,1H3. The lowest BCUT2D eigenvalue weighted by Crippen LogP contribution is -1.97. The van der Waals surface area contributed by atoms with E-state index in [2.05, 4.69) is 0 Å². The van der Waals surface area contributed by atoms with Crippen LogP contribution in [0.3, 0.4) is 0 Å². The zero-order valence-electron chi connectivity index (χ0n) is 8.45. The highest BCUT2D eigenvalue weighted by atomic mass is 16.5. The molecular weight excluding hydrogens is 196 g/mol. The lowest BCUT2D eigenvalue weighted by Gasteiger charge is -2.09. The third kappa shape index (κ3) is 1.88. The van der Waals surface area contributed by atoms with E-state index in [4.69, 9.17) is 9.47 Å². The molecular formula is C11H12O4. The summed E-state index contributed by atoms with van der Waals surface area (Å²) in [4.78, 5) is 11.2. The number of carbonyl (C=O) groups excluding carboxylic acids is 1. The molecule has 0 aliphatic carbocycles. The van der Waals surface area contributed by atoms with Gasteiger partial charge in [0, 0.05) is 12.5 Å². The Balaban J connectivity index is 2.47. The van der Waals surface area contributed by atoms with Crippen LogP contribution in [0.25, 0.3) is 0 Å². The lowest BCUT2D eigenvalue weighted by molar-refractivity contribution is 0.101. The third-order valence-corrected chi connectivity index (χ3v) is 2.25. The van der Waals surface area contributed by atoms with E-state index in [9.17, 15) is 9.90 Å².